The molecule has 2 rings (SSSR count). The van der Waals surface area contributed by atoms with E-state index in [-0.39, 0.29) is 22.4 Å². The van der Waals surface area contributed by atoms with E-state index in [0.717, 1.165) is 5.56 Å². The highest BCUT2D eigenvalue weighted by Crippen LogP contribution is 2.28. The molecule has 3 nitrogen and oxygen atoms in total. The van der Waals surface area contributed by atoms with Crippen LogP contribution >= 0.6 is 15.9 Å². The molecule has 0 saturated heterocycles. The summed E-state index contributed by atoms with van der Waals surface area (Å²) in [5.41, 5.74) is 1.10. The summed E-state index contributed by atoms with van der Waals surface area (Å²) in [6, 6.07) is 12.2. The van der Waals surface area contributed by atoms with Crippen LogP contribution in [0, 0.1) is 17.1 Å². The molecule has 0 bridgehead atoms. The molecule has 2 aromatic rings. The Hall–Kier alpha value is -2.06. The molecule has 102 valence electrons. The second-order valence-corrected chi connectivity index (χ2v) is 4.78. The second-order valence-electron chi connectivity index (χ2n) is 3.99. The van der Waals surface area contributed by atoms with Gasteiger partial charge >= 0.3 is 0 Å². The Kier molecular flexibility index (Phi) is 4.59. The summed E-state index contributed by atoms with van der Waals surface area (Å²) < 4.78 is 24.6. The van der Waals surface area contributed by atoms with Crippen molar-refractivity contribution in [3.05, 3.63) is 57.8 Å². The standard InChI is InChI=1S/C15H11BrFNO2/c1-19-12-4-2-3-10(7-12)9-20-13-6-5-11(8-18)14(16)15(13)17/h2-7H,9H2,1H3. The summed E-state index contributed by atoms with van der Waals surface area (Å²) in [6.07, 6.45) is 0. The Labute approximate surface area is 124 Å². The van der Waals surface area contributed by atoms with E-state index < -0.39 is 5.82 Å². The van der Waals surface area contributed by atoms with Crippen molar-refractivity contribution in [3.63, 3.8) is 0 Å². The van der Waals surface area contributed by atoms with Gasteiger partial charge in [-0.05, 0) is 45.8 Å². The summed E-state index contributed by atoms with van der Waals surface area (Å²) in [5.74, 6) is 0.234. The van der Waals surface area contributed by atoms with Gasteiger partial charge in [0.15, 0.2) is 11.6 Å². The summed E-state index contributed by atoms with van der Waals surface area (Å²) in [6.45, 7) is 0.215. The van der Waals surface area contributed by atoms with Crippen LogP contribution in [-0.4, -0.2) is 7.11 Å². The molecule has 0 radical (unpaired) electrons. The third kappa shape index (κ3) is 3.09. The van der Waals surface area contributed by atoms with Gasteiger partial charge in [-0.25, -0.2) is 4.39 Å². The van der Waals surface area contributed by atoms with Crippen molar-refractivity contribution in [2.45, 2.75) is 6.61 Å². The molecular weight excluding hydrogens is 325 g/mol. The average molecular weight is 336 g/mol. The van der Waals surface area contributed by atoms with E-state index in [9.17, 15) is 4.39 Å². The molecule has 2 aromatic carbocycles. The fourth-order valence-electron chi connectivity index (χ4n) is 1.65. The Morgan fingerprint density at radius 1 is 1.30 bits per heavy atom. The third-order valence-corrected chi connectivity index (χ3v) is 3.47. The molecule has 0 aliphatic carbocycles. The van der Waals surface area contributed by atoms with Crippen LogP contribution in [0.25, 0.3) is 0 Å². The zero-order valence-electron chi connectivity index (χ0n) is 10.7. The van der Waals surface area contributed by atoms with Gasteiger partial charge in [0.2, 0.25) is 0 Å². The van der Waals surface area contributed by atoms with Gasteiger partial charge in [0.05, 0.1) is 17.1 Å². The van der Waals surface area contributed by atoms with Crippen LogP contribution in [0.15, 0.2) is 40.9 Å². The molecule has 0 aromatic heterocycles. The van der Waals surface area contributed by atoms with Gasteiger partial charge in [0, 0.05) is 0 Å². The van der Waals surface area contributed by atoms with E-state index in [2.05, 4.69) is 15.9 Å². The fourth-order valence-corrected chi connectivity index (χ4v) is 2.07. The summed E-state index contributed by atoms with van der Waals surface area (Å²) in [5, 5.41) is 8.80. The van der Waals surface area contributed by atoms with Crippen molar-refractivity contribution in [2.24, 2.45) is 0 Å². The van der Waals surface area contributed by atoms with Crippen molar-refractivity contribution in [1.82, 2.24) is 0 Å². The highest BCUT2D eigenvalue weighted by atomic mass is 79.9. The van der Waals surface area contributed by atoms with Gasteiger partial charge in [0.1, 0.15) is 18.4 Å². The lowest BCUT2D eigenvalue weighted by Gasteiger charge is -2.09. The minimum atomic E-state index is -0.577. The van der Waals surface area contributed by atoms with Gasteiger partial charge in [-0.2, -0.15) is 5.26 Å². The van der Waals surface area contributed by atoms with Crippen molar-refractivity contribution >= 4 is 15.9 Å². The molecule has 0 N–H and O–H groups in total. The average Bonchev–Trinajstić information content (AvgIpc) is 2.49. The van der Waals surface area contributed by atoms with Gasteiger partial charge in [0.25, 0.3) is 0 Å². The maximum Gasteiger partial charge on any atom is 0.180 e. The minimum Gasteiger partial charge on any atom is -0.497 e. The van der Waals surface area contributed by atoms with Crippen LogP contribution in [0.5, 0.6) is 11.5 Å². The highest BCUT2D eigenvalue weighted by molar-refractivity contribution is 9.10. The number of rotatable bonds is 4. The Bertz CT molecular complexity index is 667. The van der Waals surface area contributed by atoms with E-state index in [1.54, 1.807) is 7.11 Å². The molecule has 0 aliphatic heterocycles. The predicted molar refractivity (Wildman–Crippen MR) is 76.1 cm³/mol. The second kappa shape index (κ2) is 6.40. The van der Waals surface area contributed by atoms with Gasteiger partial charge in [-0.15, -0.1) is 0 Å². The zero-order valence-corrected chi connectivity index (χ0v) is 12.3. The lowest BCUT2D eigenvalue weighted by Crippen LogP contribution is -1.99. The van der Waals surface area contributed by atoms with Crippen molar-refractivity contribution < 1.29 is 13.9 Å². The largest absolute Gasteiger partial charge is 0.497 e. The monoisotopic (exact) mass is 335 g/mol. The molecule has 0 amide bonds. The molecule has 5 heteroatoms. The number of ether oxygens (including phenoxy) is 2. The molecule has 0 atom stereocenters. The van der Waals surface area contributed by atoms with E-state index in [0.29, 0.717) is 5.75 Å². The quantitative estimate of drug-likeness (QED) is 0.846. The van der Waals surface area contributed by atoms with Crippen molar-refractivity contribution in [2.75, 3.05) is 7.11 Å². The highest BCUT2D eigenvalue weighted by Gasteiger charge is 2.12. The van der Waals surface area contributed by atoms with Crippen LogP contribution in [0.2, 0.25) is 0 Å². The SMILES string of the molecule is COc1cccc(COc2ccc(C#N)c(Br)c2F)c1. The number of nitriles is 1. The maximum absolute atomic E-state index is 13.9. The van der Waals surface area contributed by atoms with Crippen LogP contribution < -0.4 is 9.47 Å². The van der Waals surface area contributed by atoms with E-state index in [1.807, 2.05) is 30.3 Å². The van der Waals surface area contributed by atoms with Gasteiger partial charge < -0.3 is 9.47 Å². The van der Waals surface area contributed by atoms with Gasteiger partial charge in [-0.1, -0.05) is 12.1 Å². The Balaban J connectivity index is 2.15. The van der Waals surface area contributed by atoms with E-state index in [1.165, 1.54) is 12.1 Å². The Morgan fingerprint density at radius 2 is 2.10 bits per heavy atom. The molecule has 0 aliphatic rings. The predicted octanol–water partition coefficient (Wildman–Crippen LogP) is 4.05. The van der Waals surface area contributed by atoms with Crippen molar-refractivity contribution in [1.29, 1.82) is 5.26 Å². The number of methoxy groups -OCH3 is 1. The van der Waals surface area contributed by atoms with E-state index in [4.69, 9.17) is 14.7 Å². The number of hydrogen-bond donors (Lipinski definition) is 0. The minimum absolute atomic E-state index is 0.0960. The number of halogens is 2. The lowest BCUT2D eigenvalue weighted by molar-refractivity contribution is 0.289. The zero-order chi connectivity index (χ0) is 14.5. The van der Waals surface area contributed by atoms with Crippen molar-refractivity contribution in [3.8, 4) is 17.6 Å². The molecular formula is C15H11BrFNO2. The fraction of sp³-hybridized carbons (Fsp3) is 0.133. The molecule has 0 spiro atoms. The van der Waals surface area contributed by atoms with Crippen LogP contribution in [0.4, 0.5) is 4.39 Å². The first-order valence-corrected chi connectivity index (χ1v) is 6.59. The smallest absolute Gasteiger partial charge is 0.180 e. The molecule has 0 saturated carbocycles. The summed E-state index contributed by atoms with van der Waals surface area (Å²) in [7, 11) is 1.58. The number of benzene rings is 2. The molecule has 0 fully saturated rings. The number of hydrogen-bond acceptors (Lipinski definition) is 3. The summed E-state index contributed by atoms with van der Waals surface area (Å²) >= 11 is 3.04. The van der Waals surface area contributed by atoms with Crippen LogP contribution in [-0.2, 0) is 6.61 Å². The topological polar surface area (TPSA) is 42.2 Å². The van der Waals surface area contributed by atoms with Crippen LogP contribution in [0.1, 0.15) is 11.1 Å². The number of nitrogens with zero attached hydrogens (tertiary/aromatic N) is 1. The third-order valence-electron chi connectivity index (χ3n) is 2.70. The maximum atomic E-state index is 13.9. The van der Waals surface area contributed by atoms with E-state index >= 15 is 0 Å². The Morgan fingerprint density at radius 3 is 2.80 bits per heavy atom. The first-order chi connectivity index (χ1) is 9.65. The van der Waals surface area contributed by atoms with Crippen LogP contribution in [0.3, 0.4) is 0 Å². The first-order valence-electron chi connectivity index (χ1n) is 5.79. The normalized spacial score (nSPS) is 9.90. The molecule has 20 heavy (non-hydrogen) atoms. The summed E-state index contributed by atoms with van der Waals surface area (Å²) in [4.78, 5) is 0. The lowest BCUT2D eigenvalue weighted by atomic mass is 10.2. The molecule has 0 heterocycles. The molecule has 0 unspecified atom stereocenters. The van der Waals surface area contributed by atoms with Gasteiger partial charge in [-0.3, -0.25) is 0 Å². The first kappa shape index (κ1) is 14.4.